The van der Waals surface area contributed by atoms with Crippen LogP contribution in [0.2, 0.25) is 0 Å². The molecule has 0 unspecified atom stereocenters. The Bertz CT molecular complexity index is 300. The van der Waals surface area contributed by atoms with E-state index in [0.717, 1.165) is 0 Å². The van der Waals surface area contributed by atoms with Gasteiger partial charge in [0.1, 0.15) is 24.9 Å². The van der Waals surface area contributed by atoms with Crippen LogP contribution in [0.4, 0.5) is 0 Å². The van der Waals surface area contributed by atoms with Crippen LogP contribution in [0.1, 0.15) is 5.56 Å². The highest BCUT2D eigenvalue weighted by Crippen LogP contribution is 2.28. The molecule has 2 N–H and O–H groups in total. The van der Waals surface area contributed by atoms with Gasteiger partial charge in [0.2, 0.25) is 0 Å². The van der Waals surface area contributed by atoms with Crippen molar-refractivity contribution in [2.45, 2.75) is 11.7 Å². The van der Waals surface area contributed by atoms with Gasteiger partial charge in [-0.3, -0.25) is 0 Å². The van der Waals surface area contributed by atoms with Crippen LogP contribution in [0.25, 0.3) is 0 Å². The zero-order chi connectivity index (χ0) is 10.0. The highest BCUT2D eigenvalue weighted by Gasteiger charge is 2.41. The minimum absolute atomic E-state index is 0.0224. The topological polar surface area (TPSA) is 58.9 Å². The van der Waals surface area contributed by atoms with Crippen molar-refractivity contribution in [2.75, 3.05) is 13.2 Å². The third kappa shape index (κ3) is 1.53. The summed E-state index contributed by atoms with van der Waals surface area (Å²) >= 11 is 0. The van der Waals surface area contributed by atoms with Crippen LogP contribution in [0.3, 0.4) is 0 Å². The number of hydrogen-bond donors (Lipinski definition) is 2. The molecule has 2 rings (SSSR count). The van der Waals surface area contributed by atoms with Gasteiger partial charge in [0.25, 0.3) is 0 Å². The molecule has 1 heterocycles. The van der Waals surface area contributed by atoms with Crippen molar-refractivity contribution >= 4 is 0 Å². The Morgan fingerprint density at radius 3 is 2.57 bits per heavy atom. The Morgan fingerprint density at radius 2 is 1.93 bits per heavy atom. The second-order valence-corrected chi connectivity index (χ2v) is 3.35. The fourth-order valence-corrected chi connectivity index (χ4v) is 1.48. The van der Waals surface area contributed by atoms with Crippen LogP contribution >= 0.6 is 0 Å². The van der Waals surface area contributed by atoms with E-state index in [9.17, 15) is 10.2 Å². The summed E-state index contributed by atoms with van der Waals surface area (Å²) in [6, 6.07) is 8.94. The van der Waals surface area contributed by atoms with Gasteiger partial charge in [-0.2, -0.15) is 0 Å². The zero-order valence-corrected chi connectivity index (χ0v) is 7.59. The van der Waals surface area contributed by atoms with Crippen LogP contribution in [0.5, 0.6) is 0 Å². The molecule has 1 saturated heterocycles. The van der Waals surface area contributed by atoms with Gasteiger partial charge in [-0.05, 0) is 5.56 Å². The molecule has 0 bridgehead atoms. The van der Waals surface area contributed by atoms with Gasteiger partial charge < -0.3 is 10.2 Å². The maximum Gasteiger partial charge on any atom is 0.144 e. The first-order chi connectivity index (χ1) is 6.73. The minimum atomic E-state index is -1.36. The first kappa shape index (κ1) is 9.61. The van der Waals surface area contributed by atoms with Crippen molar-refractivity contribution in [3.63, 3.8) is 0 Å². The van der Waals surface area contributed by atoms with Crippen LogP contribution in [0, 0.1) is 0 Å². The molecule has 0 aromatic heterocycles. The Balaban J connectivity index is 2.30. The van der Waals surface area contributed by atoms with Gasteiger partial charge in [-0.1, -0.05) is 30.3 Å². The van der Waals surface area contributed by atoms with Crippen LogP contribution in [0.15, 0.2) is 30.3 Å². The molecule has 1 aromatic carbocycles. The maximum absolute atomic E-state index is 10.2. The van der Waals surface area contributed by atoms with Crippen molar-refractivity contribution in [2.24, 2.45) is 0 Å². The summed E-state index contributed by atoms with van der Waals surface area (Å²) in [5, 5.41) is 19.8. The molecule has 4 nitrogen and oxygen atoms in total. The summed E-state index contributed by atoms with van der Waals surface area (Å²) in [5.41, 5.74) is -0.727. The number of benzene rings is 1. The van der Waals surface area contributed by atoms with Gasteiger partial charge in [0.05, 0.1) is 0 Å². The molecule has 0 saturated carbocycles. The number of hydrogen-bond acceptors (Lipinski definition) is 4. The number of aliphatic hydroxyl groups is 2. The van der Waals surface area contributed by atoms with Crippen molar-refractivity contribution in [3.05, 3.63) is 35.9 Å². The molecule has 0 aliphatic carbocycles. The molecule has 4 heteroatoms. The van der Waals surface area contributed by atoms with Gasteiger partial charge in [-0.25, -0.2) is 9.78 Å². The van der Waals surface area contributed by atoms with Gasteiger partial charge in [0, 0.05) is 0 Å². The third-order valence-corrected chi connectivity index (χ3v) is 2.41. The Hall–Kier alpha value is -0.940. The normalized spacial score (nSPS) is 32.9. The molecule has 0 spiro atoms. The molecule has 76 valence electrons. The zero-order valence-electron chi connectivity index (χ0n) is 7.59. The molecule has 1 fully saturated rings. The molecule has 1 aliphatic heterocycles. The summed E-state index contributed by atoms with van der Waals surface area (Å²) in [7, 11) is 0. The summed E-state index contributed by atoms with van der Waals surface area (Å²) in [5.74, 6) is 0. The second kappa shape index (κ2) is 3.67. The maximum atomic E-state index is 10.2. The summed E-state index contributed by atoms with van der Waals surface area (Å²) in [6.45, 7) is -0.0798. The van der Waals surface area contributed by atoms with E-state index in [0.29, 0.717) is 5.56 Å². The molecule has 1 aliphatic rings. The predicted molar refractivity (Wildman–Crippen MR) is 48.2 cm³/mol. The Labute approximate surface area is 81.6 Å². The Kier molecular flexibility index (Phi) is 2.52. The van der Waals surface area contributed by atoms with Gasteiger partial charge >= 0.3 is 0 Å². The van der Waals surface area contributed by atoms with E-state index >= 15 is 0 Å². The van der Waals surface area contributed by atoms with Crippen molar-refractivity contribution in [1.29, 1.82) is 0 Å². The largest absolute Gasteiger partial charge is 0.387 e. The van der Waals surface area contributed by atoms with Crippen molar-refractivity contribution < 1.29 is 20.0 Å². The predicted octanol–water partition coefficient (Wildman–Crippen LogP) is 0.197. The molecule has 0 amide bonds. The monoisotopic (exact) mass is 196 g/mol. The van der Waals surface area contributed by atoms with E-state index in [1.807, 2.05) is 6.07 Å². The first-order valence-electron chi connectivity index (χ1n) is 4.44. The smallest absolute Gasteiger partial charge is 0.144 e. The fraction of sp³-hybridized carbons (Fsp3) is 0.400. The molecule has 0 radical (unpaired) electrons. The molecule has 14 heavy (non-hydrogen) atoms. The van der Waals surface area contributed by atoms with E-state index < -0.39 is 11.7 Å². The van der Waals surface area contributed by atoms with Crippen LogP contribution in [-0.4, -0.2) is 29.5 Å². The fourth-order valence-electron chi connectivity index (χ4n) is 1.48. The molecule has 2 atom stereocenters. The van der Waals surface area contributed by atoms with E-state index in [1.54, 1.807) is 24.3 Å². The van der Waals surface area contributed by atoms with E-state index in [2.05, 4.69) is 4.89 Å². The average Bonchev–Trinajstić information content (AvgIpc) is 2.24. The van der Waals surface area contributed by atoms with E-state index in [1.165, 1.54) is 0 Å². The summed E-state index contributed by atoms with van der Waals surface area (Å²) < 4.78 is 0. The summed E-state index contributed by atoms with van der Waals surface area (Å²) in [6.07, 6.45) is -0.960. The van der Waals surface area contributed by atoms with Crippen LogP contribution < -0.4 is 0 Å². The molecular weight excluding hydrogens is 184 g/mol. The lowest BCUT2D eigenvalue weighted by molar-refractivity contribution is -0.376. The third-order valence-electron chi connectivity index (χ3n) is 2.41. The second-order valence-electron chi connectivity index (χ2n) is 3.35. The van der Waals surface area contributed by atoms with Gasteiger partial charge in [0.15, 0.2) is 0 Å². The quantitative estimate of drug-likeness (QED) is 0.630. The summed E-state index contributed by atoms with van der Waals surface area (Å²) in [4.78, 5) is 9.29. The SMILES string of the molecule is O[C@@H]1COOC[C@@]1(O)c1ccccc1. The standard InChI is InChI=1S/C10H12O4/c11-9-6-13-14-7-10(9,12)8-4-2-1-3-5-8/h1-5,9,11-12H,6-7H2/t9-,10-/m1/s1. The van der Waals surface area contributed by atoms with Crippen molar-refractivity contribution in [3.8, 4) is 0 Å². The number of rotatable bonds is 1. The van der Waals surface area contributed by atoms with Crippen molar-refractivity contribution in [1.82, 2.24) is 0 Å². The average molecular weight is 196 g/mol. The van der Waals surface area contributed by atoms with Gasteiger partial charge in [-0.15, -0.1) is 0 Å². The van der Waals surface area contributed by atoms with Crippen LogP contribution in [-0.2, 0) is 15.4 Å². The molecule has 1 aromatic rings. The lowest BCUT2D eigenvalue weighted by atomic mass is 9.89. The van der Waals surface area contributed by atoms with E-state index in [-0.39, 0.29) is 13.2 Å². The van der Waals surface area contributed by atoms with E-state index in [4.69, 9.17) is 4.89 Å². The number of aliphatic hydroxyl groups excluding tert-OH is 1. The Morgan fingerprint density at radius 1 is 1.21 bits per heavy atom. The highest BCUT2D eigenvalue weighted by atomic mass is 17.2. The lowest BCUT2D eigenvalue weighted by Gasteiger charge is -2.35. The lowest BCUT2D eigenvalue weighted by Crippen LogP contribution is -2.49. The molecular formula is C10H12O4. The minimum Gasteiger partial charge on any atom is -0.387 e. The highest BCUT2D eigenvalue weighted by molar-refractivity contribution is 5.24. The first-order valence-corrected chi connectivity index (χ1v) is 4.44.